The van der Waals surface area contributed by atoms with Gasteiger partial charge in [0.2, 0.25) is 0 Å². The Morgan fingerprint density at radius 3 is 3.12 bits per heavy atom. The number of amides is 1. The number of carbonyl (C=O) groups is 1. The SMILES string of the molecule is CSCc1cccc(C(=O)Nc2nccs2)c1. The number of benzene rings is 1. The Morgan fingerprint density at radius 1 is 1.53 bits per heavy atom. The van der Waals surface area contributed by atoms with Crippen LogP contribution in [0.15, 0.2) is 35.8 Å². The fourth-order valence-electron chi connectivity index (χ4n) is 1.42. The lowest BCUT2D eigenvalue weighted by Gasteiger charge is -2.04. The van der Waals surface area contributed by atoms with Crippen LogP contribution in [0.4, 0.5) is 5.13 Å². The molecule has 0 aliphatic rings. The van der Waals surface area contributed by atoms with Crippen LogP contribution in [0.5, 0.6) is 0 Å². The first-order valence-electron chi connectivity index (χ1n) is 5.08. The standard InChI is InChI=1S/C12H12N2OS2/c1-16-8-9-3-2-4-10(7-9)11(15)14-12-13-5-6-17-12/h2-7H,8H2,1H3,(H,13,14,15). The molecule has 0 fully saturated rings. The first kappa shape index (κ1) is 12.1. The smallest absolute Gasteiger partial charge is 0.257 e. The van der Waals surface area contributed by atoms with Crippen molar-refractivity contribution in [2.24, 2.45) is 0 Å². The Kier molecular flexibility index (Phi) is 4.17. The normalized spacial score (nSPS) is 10.2. The van der Waals surface area contributed by atoms with Crippen molar-refractivity contribution in [3.05, 3.63) is 47.0 Å². The van der Waals surface area contributed by atoms with Crippen LogP contribution in [0.25, 0.3) is 0 Å². The highest BCUT2D eigenvalue weighted by atomic mass is 32.2. The van der Waals surface area contributed by atoms with E-state index in [4.69, 9.17) is 0 Å². The molecule has 88 valence electrons. The number of nitrogens with one attached hydrogen (secondary N) is 1. The van der Waals surface area contributed by atoms with Gasteiger partial charge in [0.05, 0.1) is 0 Å². The highest BCUT2D eigenvalue weighted by Crippen LogP contribution is 2.15. The highest BCUT2D eigenvalue weighted by molar-refractivity contribution is 7.97. The number of anilines is 1. The summed E-state index contributed by atoms with van der Waals surface area (Å²) in [6.07, 6.45) is 3.72. The number of hydrogen-bond donors (Lipinski definition) is 1. The van der Waals surface area contributed by atoms with Gasteiger partial charge < -0.3 is 0 Å². The molecule has 1 N–H and O–H groups in total. The number of hydrogen-bond acceptors (Lipinski definition) is 4. The van der Waals surface area contributed by atoms with Crippen LogP contribution in [-0.4, -0.2) is 17.1 Å². The number of thiazole rings is 1. The van der Waals surface area contributed by atoms with Gasteiger partial charge >= 0.3 is 0 Å². The maximum absolute atomic E-state index is 11.9. The van der Waals surface area contributed by atoms with Crippen LogP contribution in [0.1, 0.15) is 15.9 Å². The molecule has 1 heterocycles. The Labute approximate surface area is 108 Å². The van der Waals surface area contributed by atoms with Crippen LogP contribution in [0, 0.1) is 0 Å². The molecule has 17 heavy (non-hydrogen) atoms. The number of nitrogens with zero attached hydrogens (tertiary/aromatic N) is 1. The minimum Gasteiger partial charge on any atom is -0.298 e. The maximum Gasteiger partial charge on any atom is 0.257 e. The second kappa shape index (κ2) is 5.84. The van der Waals surface area contributed by atoms with Crippen molar-refractivity contribution >= 4 is 34.1 Å². The first-order chi connectivity index (χ1) is 8.29. The molecule has 1 amide bonds. The van der Waals surface area contributed by atoms with E-state index >= 15 is 0 Å². The van der Waals surface area contributed by atoms with Crippen molar-refractivity contribution in [1.82, 2.24) is 4.98 Å². The van der Waals surface area contributed by atoms with Crippen molar-refractivity contribution in [1.29, 1.82) is 0 Å². The van der Waals surface area contributed by atoms with Gasteiger partial charge in [-0.05, 0) is 24.0 Å². The molecular formula is C12H12N2OS2. The van der Waals surface area contributed by atoms with Crippen molar-refractivity contribution in [2.45, 2.75) is 5.75 Å². The van der Waals surface area contributed by atoms with Crippen LogP contribution in [0.3, 0.4) is 0 Å². The first-order valence-corrected chi connectivity index (χ1v) is 7.35. The molecular weight excluding hydrogens is 252 g/mol. The minimum absolute atomic E-state index is 0.108. The summed E-state index contributed by atoms with van der Waals surface area (Å²) in [4.78, 5) is 15.9. The van der Waals surface area contributed by atoms with E-state index in [-0.39, 0.29) is 5.91 Å². The van der Waals surface area contributed by atoms with E-state index in [0.29, 0.717) is 10.7 Å². The molecule has 2 aromatic rings. The van der Waals surface area contributed by atoms with Gasteiger partial charge in [0.1, 0.15) is 0 Å². The molecule has 0 aliphatic carbocycles. The summed E-state index contributed by atoms with van der Waals surface area (Å²) in [6.45, 7) is 0. The molecule has 0 aliphatic heterocycles. The molecule has 0 spiro atoms. The van der Waals surface area contributed by atoms with Gasteiger partial charge in [-0.25, -0.2) is 4.98 Å². The fraction of sp³-hybridized carbons (Fsp3) is 0.167. The predicted molar refractivity (Wildman–Crippen MR) is 73.7 cm³/mol. The topological polar surface area (TPSA) is 42.0 Å². The van der Waals surface area contributed by atoms with E-state index < -0.39 is 0 Å². The molecule has 5 heteroatoms. The van der Waals surface area contributed by atoms with Crippen LogP contribution >= 0.6 is 23.1 Å². The summed E-state index contributed by atoms with van der Waals surface area (Å²) in [5.74, 6) is 0.807. The Morgan fingerprint density at radius 2 is 2.41 bits per heavy atom. The van der Waals surface area contributed by atoms with Gasteiger partial charge in [-0.1, -0.05) is 12.1 Å². The lowest BCUT2D eigenvalue weighted by Crippen LogP contribution is -2.11. The highest BCUT2D eigenvalue weighted by Gasteiger charge is 2.07. The fourth-order valence-corrected chi connectivity index (χ4v) is 2.46. The summed E-state index contributed by atoms with van der Waals surface area (Å²) < 4.78 is 0. The Bertz CT molecular complexity index is 497. The predicted octanol–water partition coefficient (Wildman–Crippen LogP) is 3.26. The van der Waals surface area contributed by atoms with E-state index in [2.05, 4.69) is 10.3 Å². The number of aromatic nitrogens is 1. The third kappa shape index (κ3) is 3.31. The van der Waals surface area contributed by atoms with Gasteiger partial charge in [-0.2, -0.15) is 11.8 Å². The number of rotatable bonds is 4. The molecule has 2 rings (SSSR count). The van der Waals surface area contributed by atoms with Crippen LogP contribution < -0.4 is 5.32 Å². The lowest BCUT2D eigenvalue weighted by atomic mass is 10.1. The summed E-state index contributed by atoms with van der Waals surface area (Å²) in [6, 6.07) is 7.66. The zero-order valence-electron chi connectivity index (χ0n) is 9.34. The van der Waals surface area contributed by atoms with Crippen molar-refractivity contribution in [3.8, 4) is 0 Å². The van der Waals surface area contributed by atoms with Gasteiger partial charge in [-0.15, -0.1) is 11.3 Å². The summed E-state index contributed by atoms with van der Waals surface area (Å²) in [7, 11) is 0. The van der Waals surface area contributed by atoms with Crippen LogP contribution in [0.2, 0.25) is 0 Å². The monoisotopic (exact) mass is 264 g/mol. The quantitative estimate of drug-likeness (QED) is 0.921. The second-order valence-electron chi connectivity index (χ2n) is 3.42. The summed E-state index contributed by atoms with van der Waals surface area (Å²) >= 11 is 3.15. The average molecular weight is 264 g/mol. The zero-order valence-corrected chi connectivity index (χ0v) is 11.0. The third-order valence-corrected chi connectivity index (χ3v) is 3.46. The molecule has 0 bridgehead atoms. The molecule has 0 saturated heterocycles. The molecule has 1 aromatic heterocycles. The zero-order chi connectivity index (χ0) is 12.1. The largest absolute Gasteiger partial charge is 0.298 e. The Hall–Kier alpha value is -1.33. The third-order valence-electron chi connectivity index (χ3n) is 2.15. The van der Waals surface area contributed by atoms with Crippen molar-refractivity contribution in [2.75, 3.05) is 11.6 Å². The van der Waals surface area contributed by atoms with Crippen LogP contribution in [-0.2, 0) is 5.75 Å². The van der Waals surface area contributed by atoms with E-state index in [9.17, 15) is 4.79 Å². The van der Waals surface area contributed by atoms with Gasteiger partial charge in [0, 0.05) is 22.9 Å². The van der Waals surface area contributed by atoms with Gasteiger partial charge in [-0.3, -0.25) is 10.1 Å². The van der Waals surface area contributed by atoms with E-state index in [0.717, 1.165) is 11.3 Å². The Balaban J connectivity index is 2.11. The van der Waals surface area contributed by atoms with Gasteiger partial charge in [0.15, 0.2) is 5.13 Å². The van der Waals surface area contributed by atoms with Crippen molar-refractivity contribution in [3.63, 3.8) is 0 Å². The lowest BCUT2D eigenvalue weighted by molar-refractivity contribution is 0.102. The van der Waals surface area contributed by atoms with Crippen molar-refractivity contribution < 1.29 is 4.79 Å². The molecule has 0 atom stereocenters. The summed E-state index contributed by atoms with van der Waals surface area (Å²) in [5, 5.41) is 5.23. The maximum atomic E-state index is 11.9. The van der Waals surface area contributed by atoms with Gasteiger partial charge in [0.25, 0.3) is 5.91 Å². The molecule has 0 radical (unpaired) electrons. The summed E-state index contributed by atoms with van der Waals surface area (Å²) in [5.41, 5.74) is 1.83. The van der Waals surface area contributed by atoms with E-state index in [1.54, 1.807) is 18.0 Å². The second-order valence-corrected chi connectivity index (χ2v) is 5.19. The van der Waals surface area contributed by atoms with E-state index in [1.165, 1.54) is 11.3 Å². The average Bonchev–Trinajstić information content (AvgIpc) is 2.83. The molecule has 3 nitrogen and oxygen atoms in total. The molecule has 0 saturated carbocycles. The minimum atomic E-state index is -0.108. The number of thioether (sulfide) groups is 1. The van der Waals surface area contributed by atoms with E-state index in [1.807, 2.05) is 35.9 Å². The molecule has 0 unspecified atom stereocenters. The number of carbonyl (C=O) groups excluding carboxylic acids is 1. The molecule has 1 aromatic carbocycles.